The first-order valence-electron chi connectivity index (χ1n) is 10.0. The highest BCUT2D eigenvalue weighted by atomic mass is 16.5. The Hall–Kier alpha value is -3.78. The number of para-hydroxylation sites is 2. The molecule has 0 aliphatic heterocycles. The van der Waals surface area contributed by atoms with E-state index in [0.29, 0.717) is 41.8 Å². The van der Waals surface area contributed by atoms with E-state index in [1.165, 1.54) is 4.68 Å². The van der Waals surface area contributed by atoms with Crippen molar-refractivity contribution in [2.75, 3.05) is 26.0 Å². The predicted molar refractivity (Wildman–Crippen MR) is 122 cm³/mol. The van der Waals surface area contributed by atoms with Crippen LogP contribution < -0.4 is 11.1 Å². The fourth-order valence-corrected chi connectivity index (χ4v) is 3.35. The molecule has 31 heavy (non-hydrogen) atoms. The van der Waals surface area contributed by atoms with Crippen LogP contribution in [0.4, 0.5) is 5.82 Å². The van der Waals surface area contributed by atoms with Crippen molar-refractivity contribution in [3.05, 3.63) is 65.2 Å². The van der Waals surface area contributed by atoms with Crippen molar-refractivity contribution in [2.24, 2.45) is 5.10 Å². The summed E-state index contributed by atoms with van der Waals surface area (Å²) in [6, 6.07) is 15.4. The molecule has 0 saturated heterocycles. The van der Waals surface area contributed by atoms with Crippen LogP contribution in [0.1, 0.15) is 27.9 Å². The molecule has 4 aromatic rings. The van der Waals surface area contributed by atoms with E-state index in [2.05, 4.69) is 15.4 Å². The van der Waals surface area contributed by atoms with Gasteiger partial charge < -0.3 is 15.8 Å². The number of anilines is 1. The molecular formula is C23H24N6O2. The fourth-order valence-electron chi connectivity index (χ4n) is 3.35. The molecule has 8 heteroatoms. The summed E-state index contributed by atoms with van der Waals surface area (Å²) in [5.41, 5.74) is 10.9. The maximum absolute atomic E-state index is 13.0. The van der Waals surface area contributed by atoms with Gasteiger partial charge >= 0.3 is 0 Å². The average Bonchev–Trinajstić information content (AvgIpc) is 3.04. The molecule has 1 amide bonds. The van der Waals surface area contributed by atoms with E-state index in [0.717, 1.165) is 11.1 Å². The summed E-state index contributed by atoms with van der Waals surface area (Å²) in [5, 5.41) is 7.43. The number of fused-ring (bicyclic) bond motifs is 2. The maximum Gasteiger partial charge on any atom is 0.257 e. The van der Waals surface area contributed by atoms with Crippen LogP contribution in [0.5, 0.6) is 0 Å². The van der Waals surface area contributed by atoms with Crippen LogP contribution in [0.15, 0.2) is 53.6 Å². The van der Waals surface area contributed by atoms with Gasteiger partial charge in [0, 0.05) is 20.3 Å². The normalized spacial score (nSPS) is 11.5. The molecule has 4 rings (SSSR count). The number of hydrogen-bond acceptors (Lipinski definition) is 6. The molecule has 158 valence electrons. The average molecular weight is 416 g/mol. The Bertz CT molecular complexity index is 1280. The zero-order chi connectivity index (χ0) is 21.8. The number of nitrogens with zero attached hydrogens (tertiary/aromatic N) is 4. The minimum absolute atomic E-state index is 0.194. The summed E-state index contributed by atoms with van der Waals surface area (Å²) >= 11 is 0. The number of benzene rings is 2. The van der Waals surface area contributed by atoms with Crippen LogP contribution in [0, 0.1) is 6.92 Å². The van der Waals surface area contributed by atoms with E-state index in [-0.39, 0.29) is 17.3 Å². The molecule has 0 aliphatic carbocycles. The highest BCUT2D eigenvalue weighted by molar-refractivity contribution is 6.10. The molecule has 8 nitrogen and oxygen atoms in total. The van der Waals surface area contributed by atoms with Crippen molar-refractivity contribution < 1.29 is 9.53 Å². The van der Waals surface area contributed by atoms with E-state index in [1.807, 2.05) is 55.5 Å². The molecule has 3 N–H and O–H groups in total. The van der Waals surface area contributed by atoms with Gasteiger partial charge in [-0.15, -0.1) is 0 Å². The van der Waals surface area contributed by atoms with Gasteiger partial charge in [0.15, 0.2) is 5.65 Å². The number of ether oxygens (including phenoxy) is 1. The Morgan fingerprint density at radius 1 is 1.16 bits per heavy atom. The second-order valence-corrected chi connectivity index (χ2v) is 7.16. The minimum atomic E-state index is -0.312. The van der Waals surface area contributed by atoms with Crippen LogP contribution >= 0.6 is 0 Å². The van der Waals surface area contributed by atoms with E-state index in [4.69, 9.17) is 15.5 Å². The fraction of sp³-hybridized carbons (Fsp3) is 0.217. The minimum Gasteiger partial charge on any atom is -0.385 e. The number of nitrogen functional groups attached to an aromatic ring is 1. The molecule has 0 radical (unpaired) electrons. The number of carbonyl (C=O) groups is 1. The number of rotatable bonds is 7. The molecule has 0 aliphatic rings. The Kier molecular flexibility index (Phi) is 5.90. The monoisotopic (exact) mass is 416 g/mol. The van der Waals surface area contributed by atoms with Gasteiger partial charge in [-0.1, -0.05) is 36.4 Å². The van der Waals surface area contributed by atoms with E-state index in [9.17, 15) is 4.79 Å². The number of aromatic nitrogens is 3. The van der Waals surface area contributed by atoms with Gasteiger partial charge in [0.2, 0.25) is 0 Å². The van der Waals surface area contributed by atoms with Crippen molar-refractivity contribution in [2.45, 2.75) is 13.3 Å². The summed E-state index contributed by atoms with van der Waals surface area (Å²) in [7, 11) is 1.63. The quantitative estimate of drug-likeness (QED) is 0.356. The first kappa shape index (κ1) is 20.5. The second-order valence-electron chi connectivity index (χ2n) is 7.16. The van der Waals surface area contributed by atoms with Crippen LogP contribution in [0.2, 0.25) is 0 Å². The third kappa shape index (κ3) is 4.10. The number of nitrogens with two attached hydrogens (primary N) is 1. The zero-order valence-corrected chi connectivity index (χ0v) is 17.5. The molecule has 2 aromatic carbocycles. The van der Waals surface area contributed by atoms with Crippen LogP contribution in [0.25, 0.3) is 22.2 Å². The van der Waals surface area contributed by atoms with Crippen molar-refractivity contribution in [3.63, 3.8) is 0 Å². The van der Waals surface area contributed by atoms with Gasteiger partial charge in [0.25, 0.3) is 5.91 Å². The van der Waals surface area contributed by atoms with Crippen molar-refractivity contribution in [1.29, 1.82) is 0 Å². The first-order chi connectivity index (χ1) is 15.1. The number of amides is 1. The molecule has 0 spiro atoms. The molecule has 0 atom stereocenters. The van der Waals surface area contributed by atoms with E-state index in [1.54, 1.807) is 13.3 Å². The summed E-state index contributed by atoms with van der Waals surface area (Å²) in [5.74, 6) is -0.118. The Balaban J connectivity index is 1.83. The largest absolute Gasteiger partial charge is 0.385 e. The van der Waals surface area contributed by atoms with Gasteiger partial charge in [-0.25, -0.2) is 9.97 Å². The van der Waals surface area contributed by atoms with Gasteiger partial charge in [-0.05, 0) is 36.6 Å². The first-order valence-corrected chi connectivity index (χ1v) is 10.0. The summed E-state index contributed by atoms with van der Waals surface area (Å²) in [4.78, 5) is 22.3. The molecular weight excluding hydrogens is 392 g/mol. The van der Waals surface area contributed by atoms with Crippen LogP contribution in [-0.2, 0) is 4.74 Å². The highest BCUT2D eigenvalue weighted by Crippen LogP contribution is 2.27. The van der Waals surface area contributed by atoms with E-state index < -0.39 is 0 Å². The summed E-state index contributed by atoms with van der Waals surface area (Å²) < 4.78 is 6.52. The molecule has 0 bridgehead atoms. The Labute approximate surface area is 179 Å². The lowest BCUT2D eigenvalue weighted by molar-refractivity contribution is 0.0951. The standard InChI is InChI=1S/C23H24N6O2/c1-15-8-3-4-9-16(15)14-26-29-21(24)19(23(30)25-12-7-13-31-2)20-22(29)28-18-11-6-5-10-17(18)27-20/h3-6,8-11,14H,7,12-13,24H2,1-2H3,(H,25,30)/b26-14+. The van der Waals surface area contributed by atoms with Gasteiger partial charge in [-0.2, -0.15) is 9.78 Å². The molecule has 2 heterocycles. The van der Waals surface area contributed by atoms with Crippen LogP contribution in [0.3, 0.4) is 0 Å². The Morgan fingerprint density at radius 2 is 1.87 bits per heavy atom. The smallest absolute Gasteiger partial charge is 0.257 e. The third-order valence-corrected chi connectivity index (χ3v) is 5.01. The van der Waals surface area contributed by atoms with Crippen molar-refractivity contribution >= 4 is 40.1 Å². The van der Waals surface area contributed by atoms with Gasteiger partial charge in [-0.3, -0.25) is 4.79 Å². The number of carbonyl (C=O) groups excluding carboxylic acids is 1. The summed E-state index contributed by atoms with van der Waals surface area (Å²) in [6.07, 6.45) is 2.41. The van der Waals surface area contributed by atoms with E-state index >= 15 is 0 Å². The van der Waals surface area contributed by atoms with Crippen molar-refractivity contribution in [3.8, 4) is 0 Å². The molecule has 0 unspecified atom stereocenters. The third-order valence-electron chi connectivity index (χ3n) is 5.01. The number of hydrogen-bond donors (Lipinski definition) is 2. The maximum atomic E-state index is 13.0. The zero-order valence-electron chi connectivity index (χ0n) is 17.5. The number of methoxy groups -OCH3 is 1. The van der Waals surface area contributed by atoms with Crippen molar-refractivity contribution in [1.82, 2.24) is 20.0 Å². The van der Waals surface area contributed by atoms with Gasteiger partial charge in [0.05, 0.1) is 17.2 Å². The number of nitrogens with one attached hydrogen (secondary N) is 1. The molecule has 2 aromatic heterocycles. The van der Waals surface area contributed by atoms with Crippen LogP contribution in [-0.4, -0.2) is 47.0 Å². The van der Waals surface area contributed by atoms with Gasteiger partial charge in [0.1, 0.15) is 16.9 Å². The lowest BCUT2D eigenvalue weighted by Gasteiger charge is -2.05. The predicted octanol–water partition coefficient (Wildman–Crippen LogP) is 3.12. The number of aryl methyl sites for hydroxylation is 1. The second kappa shape index (κ2) is 8.93. The lowest BCUT2D eigenvalue weighted by atomic mass is 10.1. The molecule has 0 saturated carbocycles. The highest BCUT2D eigenvalue weighted by Gasteiger charge is 2.23. The molecule has 0 fully saturated rings. The SMILES string of the molecule is COCCCNC(=O)c1c(N)n(/N=C/c2ccccc2C)c2nc3ccccc3nc12. The lowest BCUT2D eigenvalue weighted by Crippen LogP contribution is -2.26. The Morgan fingerprint density at radius 3 is 2.61 bits per heavy atom. The summed E-state index contributed by atoms with van der Waals surface area (Å²) in [6.45, 7) is 3.03. The topological polar surface area (TPSA) is 107 Å².